The van der Waals surface area contributed by atoms with Crippen LogP contribution in [0.3, 0.4) is 0 Å². The predicted molar refractivity (Wildman–Crippen MR) is 80.9 cm³/mol. The molecule has 0 fully saturated rings. The Balaban J connectivity index is 1.73. The monoisotopic (exact) mass is 286 g/mol. The molecule has 0 bridgehead atoms. The second kappa shape index (κ2) is 5.87. The van der Waals surface area contributed by atoms with E-state index in [1.165, 1.54) is 0 Å². The zero-order valence-corrected chi connectivity index (χ0v) is 11.9. The molecule has 1 amide bonds. The van der Waals surface area contributed by atoms with Crippen molar-refractivity contribution in [1.29, 1.82) is 0 Å². The minimum Gasteiger partial charge on any atom is -0.494 e. The van der Waals surface area contributed by atoms with Crippen LogP contribution in [0.25, 0.3) is 0 Å². The van der Waals surface area contributed by atoms with Gasteiger partial charge in [-0.1, -0.05) is 6.07 Å². The molecule has 0 atom stereocenters. The van der Waals surface area contributed by atoms with Crippen LogP contribution >= 0.6 is 0 Å². The van der Waals surface area contributed by atoms with Gasteiger partial charge in [-0.15, -0.1) is 0 Å². The van der Waals surface area contributed by atoms with Gasteiger partial charge in [0.1, 0.15) is 11.4 Å². The van der Waals surface area contributed by atoms with E-state index in [1.54, 1.807) is 12.3 Å². The van der Waals surface area contributed by atoms with Gasteiger partial charge in [0.25, 0.3) is 5.91 Å². The van der Waals surface area contributed by atoms with Crippen molar-refractivity contribution in [2.75, 3.05) is 23.8 Å². The number of nitrogens with one attached hydrogen (secondary N) is 2. The number of hydrogen-bond acceptors (Lipinski definition) is 4. The molecular formula is C15H18N4O2. The highest BCUT2D eigenvalue weighted by Gasteiger charge is 2.16. The van der Waals surface area contributed by atoms with Gasteiger partial charge >= 0.3 is 0 Å². The summed E-state index contributed by atoms with van der Waals surface area (Å²) in [6.07, 6.45) is 2.82. The third-order valence-corrected chi connectivity index (χ3v) is 3.27. The Morgan fingerprint density at radius 1 is 1.52 bits per heavy atom. The van der Waals surface area contributed by atoms with Crippen LogP contribution in [0.5, 0.6) is 5.75 Å². The molecule has 3 rings (SSSR count). The van der Waals surface area contributed by atoms with Crippen molar-refractivity contribution in [3.8, 4) is 5.75 Å². The van der Waals surface area contributed by atoms with Crippen LogP contribution in [-0.2, 0) is 6.54 Å². The normalized spacial score (nSPS) is 13.2. The number of imidazole rings is 1. The summed E-state index contributed by atoms with van der Waals surface area (Å²) in [6.45, 7) is 4.31. The summed E-state index contributed by atoms with van der Waals surface area (Å²) >= 11 is 0. The number of rotatable bonds is 4. The summed E-state index contributed by atoms with van der Waals surface area (Å²) in [5.41, 5.74) is 1.12. The second-order valence-electron chi connectivity index (χ2n) is 4.84. The minimum absolute atomic E-state index is 0.215. The first-order valence-electron chi connectivity index (χ1n) is 7.11. The van der Waals surface area contributed by atoms with Crippen LogP contribution in [0.15, 0.2) is 30.5 Å². The van der Waals surface area contributed by atoms with Crippen LogP contribution in [0.2, 0.25) is 0 Å². The summed E-state index contributed by atoms with van der Waals surface area (Å²) in [5.74, 6) is 1.28. The lowest BCUT2D eigenvalue weighted by molar-refractivity contribution is 0.102. The lowest BCUT2D eigenvalue weighted by Gasteiger charge is -2.14. The van der Waals surface area contributed by atoms with Crippen LogP contribution < -0.4 is 15.4 Å². The maximum Gasteiger partial charge on any atom is 0.275 e. The number of benzene rings is 1. The summed E-state index contributed by atoms with van der Waals surface area (Å²) in [6, 6.07) is 7.34. The topological polar surface area (TPSA) is 68.2 Å². The van der Waals surface area contributed by atoms with Crippen molar-refractivity contribution in [3.63, 3.8) is 0 Å². The van der Waals surface area contributed by atoms with Gasteiger partial charge in [0, 0.05) is 31.0 Å². The molecule has 0 aliphatic carbocycles. The van der Waals surface area contributed by atoms with Crippen molar-refractivity contribution in [1.82, 2.24) is 9.55 Å². The van der Waals surface area contributed by atoms with Crippen LogP contribution in [-0.4, -0.2) is 28.6 Å². The van der Waals surface area contributed by atoms with E-state index in [0.717, 1.165) is 31.2 Å². The number of aromatic nitrogens is 2. The van der Waals surface area contributed by atoms with Gasteiger partial charge in [0.2, 0.25) is 5.95 Å². The van der Waals surface area contributed by atoms with E-state index in [4.69, 9.17) is 4.74 Å². The first-order chi connectivity index (χ1) is 10.3. The zero-order chi connectivity index (χ0) is 14.7. The van der Waals surface area contributed by atoms with Gasteiger partial charge in [-0.25, -0.2) is 4.98 Å². The minimum atomic E-state index is -0.215. The van der Waals surface area contributed by atoms with Gasteiger partial charge < -0.3 is 19.9 Å². The molecule has 2 heterocycles. The van der Waals surface area contributed by atoms with E-state index < -0.39 is 0 Å². The van der Waals surface area contributed by atoms with Gasteiger partial charge in [0.05, 0.1) is 6.61 Å². The summed E-state index contributed by atoms with van der Waals surface area (Å²) in [7, 11) is 0. The number of carbonyl (C=O) groups excluding carboxylic acids is 1. The quantitative estimate of drug-likeness (QED) is 0.905. The molecule has 1 aliphatic heterocycles. The molecule has 1 aromatic carbocycles. The third kappa shape index (κ3) is 2.99. The molecule has 2 N–H and O–H groups in total. The van der Waals surface area contributed by atoms with Crippen molar-refractivity contribution in [2.24, 2.45) is 0 Å². The molecular weight excluding hydrogens is 268 g/mol. The molecule has 110 valence electrons. The van der Waals surface area contributed by atoms with Gasteiger partial charge in [-0.2, -0.15) is 0 Å². The van der Waals surface area contributed by atoms with E-state index in [9.17, 15) is 4.79 Å². The van der Waals surface area contributed by atoms with Crippen LogP contribution in [0, 0.1) is 0 Å². The first-order valence-corrected chi connectivity index (χ1v) is 7.11. The summed E-state index contributed by atoms with van der Waals surface area (Å²) in [4.78, 5) is 16.6. The highest BCUT2D eigenvalue weighted by atomic mass is 16.5. The molecule has 0 spiro atoms. The highest BCUT2D eigenvalue weighted by Crippen LogP contribution is 2.19. The Kier molecular flexibility index (Phi) is 3.77. The van der Waals surface area contributed by atoms with Crippen molar-refractivity contribution >= 4 is 17.5 Å². The molecule has 0 saturated heterocycles. The summed E-state index contributed by atoms with van der Waals surface area (Å²) < 4.78 is 7.39. The average Bonchev–Trinajstić information content (AvgIpc) is 2.92. The Morgan fingerprint density at radius 2 is 2.43 bits per heavy atom. The van der Waals surface area contributed by atoms with Crippen molar-refractivity contribution < 1.29 is 9.53 Å². The molecule has 2 aromatic rings. The molecule has 0 radical (unpaired) electrons. The number of nitrogens with zero attached hydrogens (tertiary/aromatic N) is 2. The van der Waals surface area contributed by atoms with Gasteiger partial charge in [-0.05, 0) is 25.5 Å². The standard InChI is InChI=1S/C15H18N4O2/c1-2-21-12-6-3-5-11(9-12)17-14(20)13-10-19-8-4-7-16-15(19)18-13/h3,5-6,9-10H,2,4,7-8H2,1H3,(H,16,18)(H,17,20). The van der Waals surface area contributed by atoms with E-state index in [-0.39, 0.29) is 5.91 Å². The molecule has 0 unspecified atom stereocenters. The fourth-order valence-corrected chi connectivity index (χ4v) is 2.31. The van der Waals surface area contributed by atoms with Crippen molar-refractivity contribution in [2.45, 2.75) is 19.9 Å². The van der Waals surface area contributed by atoms with Gasteiger partial charge in [0.15, 0.2) is 0 Å². The van der Waals surface area contributed by atoms with E-state index in [1.807, 2.05) is 29.7 Å². The lowest BCUT2D eigenvalue weighted by atomic mass is 10.3. The SMILES string of the molecule is CCOc1cccc(NC(=O)c2cn3c(n2)NCCC3)c1. The fraction of sp³-hybridized carbons (Fsp3) is 0.333. The maximum absolute atomic E-state index is 12.2. The number of ether oxygens (including phenoxy) is 1. The molecule has 1 aromatic heterocycles. The first kappa shape index (κ1) is 13.5. The zero-order valence-electron chi connectivity index (χ0n) is 11.9. The van der Waals surface area contributed by atoms with Crippen LogP contribution in [0.4, 0.5) is 11.6 Å². The second-order valence-corrected chi connectivity index (χ2v) is 4.84. The number of carbonyl (C=O) groups is 1. The fourth-order valence-electron chi connectivity index (χ4n) is 2.31. The number of fused-ring (bicyclic) bond motifs is 1. The number of anilines is 2. The molecule has 0 saturated carbocycles. The summed E-state index contributed by atoms with van der Waals surface area (Å²) in [5, 5.41) is 6.02. The van der Waals surface area contributed by atoms with E-state index in [0.29, 0.717) is 18.0 Å². The lowest BCUT2D eigenvalue weighted by Crippen LogP contribution is -2.16. The Morgan fingerprint density at radius 3 is 3.24 bits per heavy atom. The van der Waals surface area contributed by atoms with Crippen molar-refractivity contribution in [3.05, 3.63) is 36.2 Å². The molecule has 6 nitrogen and oxygen atoms in total. The number of hydrogen-bond donors (Lipinski definition) is 2. The Labute approximate surface area is 123 Å². The van der Waals surface area contributed by atoms with Gasteiger partial charge in [-0.3, -0.25) is 4.79 Å². The van der Waals surface area contributed by atoms with E-state index >= 15 is 0 Å². The van der Waals surface area contributed by atoms with E-state index in [2.05, 4.69) is 15.6 Å². The molecule has 6 heteroatoms. The van der Waals surface area contributed by atoms with Crippen LogP contribution in [0.1, 0.15) is 23.8 Å². The average molecular weight is 286 g/mol. The maximum atomic E-state index is 12.2. The smallest absolute Gasteiger partial charge is 0.275 e. The Bertz CT molecular complexity index is 627. The number of aryl methyl sites for hydroxylation is 1. The Hall–Kier alpha value is -2.50. The third-order valence-electron chi connectivity index (χ3n) is 3.27. The molecule has 1 aliphatic rings. The highest BCUT2D eigenvalue weighted by molar-refractivity contribution is 6.03. The largest absolute Gasteiger partial charge is 0.494 e. The predicted octanol–water partition coefficient (Wildman–Crippen LogP) is 2.35. The number of amides is 1. The molecule has 21 heavy (non-hydrogen) atoms.